The van der Waals surface area contributed by atoms with Gasteiger partial charge in [0.15, 0.2) is 23.1 Å². The first-order valence-corrected chi connectivity index (χ1v) is 10.8. The molecular formula is C22H16Cl3FN4O3. The molecule has 0 aliphatic carbocycles. The molecule has 0 radical (unpaired) electrons. The molecule has 0 unspecified atom stereocenters. The van der Waals surface area contributed by atoms with Crippen LogP contribution in [0, 0.1) is 12.7 Å². The number of ether oxygens (including phenoxy) is 1. The van der Waals surface area contributed by atoms with E-state index in [9.17, 15) is 9.18 Å². The number of amides is 1. The van der Waals surface area contributed by atoms with E-state index < -0.39 is 11.7 Å². The minimum Gasteiger partial charge on any atom is -0.486 e. The van der Waals surface area contributed by atoms with Crippen molar-refractivity contribution in [2.45, 2.75) is 20.1 Å². The molecule has 2 aromatic carbocycles. The number of carbonyl (C=O) groups is 1. The summed E-state index contributed by atoms with van der Waals surface area (Å²) in [6.07, 6.45) is 1.55. The summed E-state index contributed by atoms with van der Waals surface area (Å²) in [5.41, 5.74) is 1.13. The van der Waals surface area contributed by atoms with E-state index >= 15 is 0 Å². The van der Waals surface area contributed by atoms with E-state index in [1.165, 1.54) is 16.8 Å². The van der Waals surface area contributed by atoms with Crippen LogP contribution in [0.4, 0.5) is 10.2 Å². The van der Waals surface area contributed by atoms with Crippen molar-refractivity contribution in [1.29, 1.82) is 0 Å². The normalized spacial score (nSPS) is 10.9. The lowest BCUT2D eigenvalue weighted by atomic mass is 10.2. The highest BCUT2D eigenvalue weighted by Crippen LogP contribution is 2.26. The Morgan fingerprint density at radius 3 is 2.73 bits per heavy atom. The molecule has 2 heterocycles. The molecule has 11 heteroatoms. The van der Waals surface area contributed by atoms with Gasteiger partial charge in [-0.25, -0.2) is 4.39 Å². The SMILES string of the molecule is Cc1onc(C(=O)Nc2nn(Cc3ccc(Cl)cc3Cl)cc2Cl)c1COc1ccccc1F. The van der Waals surface area contributed by atoms with Crippen molar-refractivity contribution >= 4 is 46.5 Å². The van der Waals surface area contributed by atoms with Gasteiger partial charge in [-0.05, 0) is 36.8 Å². The third-order valence-corrected chi connectivity index (χ3v) is 5.57. The lowest BCUT2D eigenvalue weighted by molar-refractivity contribution is 0.101. The van der Waals surface area contributed by atoms with E-state index in [-0.39, 0.29) is 28.9 Å². The van der Waals surface area contributed by atoms with Crippen molar-refractivity contribution in [3.8, 4) is 5.75 Å². The number of hydrogen-bond acceptors (Lipinski definition) is 5. The number of rotatable bonds is 7. The number of aromatic nitrogens is 3. The Morgan fingerprint density at radius 1 is 1.18 bits per heavy atom. The molecule has 0 atom stereocenters. The molecule has 0 aliphatic rings. The summed E-state index contributed by atoms with van der Waals surface area (Å²) in [6.45, 7) is 1.83. The molecule has 4 aromatic rings. The highest BCUT2D eigenvalue weighted by Gasteiger charge is 2.23. The van der Waals surface area contributed by atoms with Crippen LogP contribution in [0.2, 0.25) is 15.1 Å². The second kappa shape index (κ2) is 9.82. The first-order chi connectivity index (χ1) is 15.8. The fourth-order valence-corrected chi connectivity index (χ4v) is 3.67. The Hall–Kier alpha value is -3.07. The van der Waals surface area contributed by atoms with Gasteiger partial charge in [-0.2, -0.15) is 5.10 Å². The van der Waals surface area contributed by atoms with Crippen LogP contribution in [-0.2, 0) is 13.2 Å². The summed E-state index contributed by atoms with van der Waals surface area (Å²) in [5.74, 6) is -0.572. The summed E-state index contributed by atoms with van der Waals surface area (Å²) in [4.78, 5) is 12.8. The number of benzene rings is 2. The van der Waals surface area contributed by atoms with E-state index in [0.717, 1.165) is 5.56 Å². The second-order valence-electron chi connectivity index (χ2n) is 7.00. The van der Waals surface area contributed by atoms with Crippen LogP contribution in [0.15, 0.2) is 53.2 Å². The molecule has 0 saturated heterocycles. The molecule has 4 rings (SSSR count). The monoisotopic (exact) mass is 508 g/mol. The Labute approximate surface area is 203 Å². The number of carbonyl (C=O) groups excluding carboxylic acids is 1. The van der Waals surface area contributed by atoms with Crippen LogP contribution in [0.1, 0.15) is 27.4 Å². The molecule has 2 aromatic heterocycles. The fourth-order valence-electron chi connectivity index (χ4n) is 3.01. The van der Waals surface area contributed by atoms with Gasteiger partial charge >= 0.3 is 0 Å². The largest absolute Gasteiger partial charge is 0.486 e. The quantitative estimate of drug-likeness (QED) is 0.323. The van der Waals surface area contributed by atoms with Crippen molar-refractivity contribution < 1.29 is 18.4 Å². The lowest BCUT2D eigenvalue weighted by Gasteiger charge is -2.07. The zero-order valence-electron chi connectivity index (χ0n) is 17.1. The van der Waals surface area contributed by atoms with Crippen LogP contribution < -0.4 is 10.1 Å². The number of halogens is 4. The highest BCUT2D eigenvalue weighted by atomic mass is 35.5. The van der Waals surface area contributed by atoms with Crippen LogP contribution >= 0.6 is 34.8 Å². The van der Waals surface area contributed by atoms with Crippen LogP contribution in [0.5, 0.6) is 5.75 Å². The maximum atomic E-state index is 13.8. The molecule has 1 amide bonds. The Balaban J connectivity index is 1.48. The molecule has 0 fully saturated rings. The topological polar surface area (TPSA) is 82.2 Å². The zero-order chi connectivity index (χ0) is 23.5. The van der Waals surface area contributed by atoms with Crippen molar-refractivity contribution in [1.82, 2.24) is 14.9 Å². The fraction of sp³-hybridized carbons (Fsp3) is 0.136. The average molecular weight is 510 g/mol. The summed E-state index contributed by atoms with van der Waals surface area (Å²) >= 11 is 18.4. The van der Waals surface area contributed by atoms with Gasteiger partial charge in [-0.3, -0.25) is 9.48 Å². The van der Waals surface area contributed by atoms with Gasteiger partial charge in [0.25, 0.3) is 5.91 Å². The molecule has 0 aliphatic heterocycles. The summed E-state index contributed by atoms with van der Waals surface area (Å²) in [6, 6.07) is 11.1. The van der Waals surface area contributed by atoms with Gasteiger partial charge < -0.3 is 14.6 Å². The van der Waals surface area contributed by atoms with Gasteiger partial charge in [-0.1, -0.05) is 58.2 Å². The van der Waals surface area contributed by atoms with Crippen molar-refractivity contribution in [2.75, 3.05) is 5.32 Å². The van der Waals surface area contributed by atoms with Gasteiger partial charge in [0.1, 0.15) is 17.4 Å². The van der Waals surface area contributed by atoms with Crippen LogP contribution in [0.3, 0.4) is 0 Å². The maximum absolute atomic E-state index is 13.8. The van der Waals surface area contributed by atoms with Crippen molar-refractivity contribution in [3.63, 3.8) is 0 Å². The number of para-hydroxylation sites is 1. The van der Waals surface area contributed by atoms with E-state index in [1.54, 1.807) is 43.5 Å². The summed E-state index contributed by atoms with van der Waals surface area (Å²) < 4.78 is 26.0. The van der Waals surface area contributed by atoms with E-state index in [0.29, 0.717) is 27.9 Å². The smallest absolute Gasteiger partial charge is 0.279 e. The van der Waals surface area contributed by atoms with E-state index in [1.807, 2.05) is 0 Å². The number of aryl methyl sites for hydroxylation is 1. The predicted molar refractivity (Wildman–Crippen MR) is 123 cm³/mol. The van der Waals surface area contributed by atoms with Crippen LogP contribution in [0.25, 0.3) is 0 Å². The first-order valence-electron chi connectivity index (χ1n) is 9.62. The molecule has 1 N–H and O–H groups in total. The minimum absolute atomic E-state index is 0.0183. The summed E-state index contributed by atoms with van der Waals surface area (Å²) in [5, 5.41) is 11.9. The van der Waals surface area contributed by atoms with Gasteiger partial charge in [-0.15, -0.1) is 0 Å². The Bertz CT molecular complexity index is 1320. The Morgan fingerprint density at radius 2 is 1.97 bits per heavy atom. The van der Waals surface area contributed by atoms with E-state index in [4.69, 9.17) is 44.1 Å². The van der Waals surface area contributed by atoms with Gasteiger partial charge in [0, 0.05) is 16.2 Å². The molecule has 7 nitrogen and oxygen atoms in total. The zero-order valence-corrected chi connectivity index (χ0v) is 19.4. The number of nitrogens with zero attached hydrogens (tertiary/aromatic N) is 3. The lowest BCUT2D eigenvalue weighted by Crippen LogP contribution is -2.16. The number of hydrogen-bond donors (Lipinski definition) is 1. The number of anilines is 1. The molecule has 0 spiro atoms. The predicted octanol–water partition coefficient (Wildman–Crippen LogP) is 6.16. The number of nitrogens with one attached hydrogen (secondary N) is 1. The maximum Gasteiger partial charge on any atom is 0.279 e. The van der Waals surface area contributed by atoms with Crippen molar-refractivity contribution in [2.24, 2.45) is 0 Å². The standard InChI is InChI=1S/C22H16Cl3FN4O3/c1-12-15(11-32-19-5-3-2-4-18(19)26)20(29-33-12)22(31)27-21-17(25)10-30(28-21)9-13-6-7-14(23)8-16(13)24/h2-8,10H,9,11H2,1H3,(H,27,28,31). The minimum atomic E-state index is -0.601. The van der Waals surface area contributed by atoms with Crippen molar-refractivity contribution in [3.05, 3.63) is 92.1 Å². The van der Waals surface area contributed by atoms with Gasteiger partial charge in [0.05, 0.1) is 12.1 Å². The molecule has 170 valence electrons. The van der Waals surface area contributed by atoms with Gasteiger partial charge in [0.2, 0.25) is 0 Å². The molecule has 33 heavy (non-hydrogen) atoms. The highest BCUT2D eigenvalue weighted by molar-refractivity contribution is 6.35. The van der Waals surface area contributed by atoms with Crippen LogP contribution in [-0.4, -0.2) is 20.8 Å². The molecule has 0 saturated carbocycles. The summed E-state index contributed by atoms with van der Waals surface area (Å²) in [7, 11) is 0. The molecule has 0 bridgehead atoms. The molecular weight excluding hydrogens is 494 g/mol. The third-order valence-electron chi connectivity index (χ3n) is 4.70. The first kappa shape index (κ1) is 23.1. The Kier molecular flexibility index (Phi) is 6.88. The van der Waals surface area contributed by atoms with E-state index in [2.05, 4.69) is 15.6 Å². The second-order valence-corrected chi connectivity index (χ2v) is 8.25. The third kappa shape index (κ3) is 5.30. The average Bonchev–Trinajstić information content (AvgIpc) is 3.31.